The van der Waals surface area contributed by atoms with Gasteiger partial charge < -0.3 is 15.2 Å². The number of hydrogen-bond donors (Lipinski definition) is 2. The molecule has 0 amide bonds. The number of benzene rings is 1. The highest BCUT2D eigenvalue weighted by molar-refractivity contribution is 5.78. The second-order valence-corrected chi connectivity index (χ2v) is 5.73. The first kappa shape index (κ1) is 15.8. The maximum absolute atomic E-state index is 11.4. The van der Waals surface area contributed by atoms with Gasteiger partial charge in [-0.1, -0.05) is 13.0 Å². The molecule has 4 nitrogen and oxygen atoms in total. The number of likely N-dealkylation sites (N-methyl/N-ethyl adjacent to an activating group) is 1. The Morgan fingerprint density at radius 2 is 2.14 bits per heavy atom. The number of hydrogen-bond acceptors (Lipinski definition) is 3. The van der Waals surface area contributed by atoms with Crippen molar-refractivity contribution >= 4 is 5.97 Å². The van der Waals surface area contributed by atoms with Gasteiger partial charge >= 0.3 is 5.97 Å². The summed E-state index contributed by atoms with van der Waals surface area (Å²) >= 11 is 0. The second kappa shape index (κ2) is 6.94. The van der Waals surface area contributed by atoms with Gasteiger partial charge in [0, 0.05) is 0 Å². The SMILES string of the molecule is CCC(CCCOc1ccc2c(c1)CCC2)(NC)C(=O)O. The zero-order chi connectivity index (χ0) is 15.3. The Bertz CT molecular complexity index is 495. The van der Waals surface area contributed by atoms with Crippen LogP contribution >= 0.6 is 0 Å². The van der Waals surface area contributed by atoms with Crippen LogP contribution in [0.5, 0.6) is 5.75 Å². The molecule has 4 heteroatoms. The van der Waals surface area contributed by atoms with Crippen molar-refractivity contribution in [3.63, 3.8) is 0 Å². The lowest BCUT2D eigenvalue weighted by Gasteiger charge is -2.27. The minimum atomic E-state index is -0.832. The van der Waals surface area contributed by atoms with Crippen molar-refractivity contribution in [3.8, 4) is 5.75 Å². The van der Waals surface area contributed by atoms with E-state index >= 15 is 0 Å². The van der Waals surface area contributed by atoms with Crippen molar-refractivity contribution in [2.75, 3.05) is 13.7 Å². The molecular weight excluding hydrogens is 266 g/mol. The molecule has 1 aromatic carbocycles. The lowest BCUT2D eigenvalue weighted by molar-refractivity contribution is -0.145. The molecule has 1 aliphatic carbocycles. The minimum Gasteiger partial charge on any atom is -0.494 e. The minimum absolute atomic E-state index is 0.551. The molecule has 2 N–H and O–H groups in total. The van der Waals surface area contributed by atoms with Crippen molar-refractivity contribution in [3.05, 3.63) is 29.3 Å². The molecule has 116 valence electrons. The van der Waals surface area contributed by atoms with Gasteiger partial charge in [-0.15, -0.1) is 0 Å². The zero-order valence-corrected chi connectivity index (χ0v) is 12.9. The van der Waals surface area contributed by atoms with Gasteiger partial charge in [-0.05, 0) is 68.8 Å². The third-order valence-electron chi connectivity index (χ3n) is 4.58. The first-order valence-electron chi connectivity index (χ1n) is 7.78. The Hall–Kier alpha value is -1.55. The molecule has 1 atom stereocenters. The molecule has 0 spiro atoms. The zero-order valence-electron chi connectivity index (χ0n) is 12.9. The lowest BCUT2D eigenvalue weighted by Crippen LogP contribution is -2.50. The van der Waals surface area contributed by atoms with Gasteiger partial charge in [0.1, 0.15) is 11.3 Å². The van der Waals surface area contributed by atoms with Gasteiger partial charge in [0.2, 0.25) is 0 Å². The van der Waals surface area contributed by atoms with Crippen LogP contribution < -0.4 is 10.1 Å². The van der Waals surface area contributed by atoms with Crippen LogP contribution in [0.3, 0.4) is 0 Å². The molecule has 1 aliphatic rings. The fourth-order valence-electron chi connectivity index (χ4n) is 3.05. The summed E-state index contributed by atoms with van der Waals surface area (Å²) in [4.78, 5) is 11.4. The number of carbonyl (C=O) groups is 1. The number of fused-ring (bicyclic) bond motifs is 1. The Kier molecular flexibility index (Phi) is 5.23. The summed E-state index contributed by atoms with van der Waals surface area (Å²) in [6, 6.07) is 6.30. The number of ether oxygens (including phenoxy) is 1. The summed E-state index contributed by atoms with van der Waals surface area (Å²) in [7, 11) is 1.71. The summed E-state index contributed by atoms with van der Waals surface area (Å²) in [5.41, 5.74) is 2.01. The number of aryl methyl sites for hydroxylation is 2. The van der Waals surface area contributed by atoms with Crippen LogP contribution in [0, 0.1) is 0 Å². The monoisotopic (exact) mass is 291 g/mol. The van der Waals surface area contributed by atoms with E-state index in [0.29, 0.717) is 19.4 Å². The smallest absolute Gasteiger partial charge is 0.323 e. The maximum Gasteiger partial charge on any atom is 0.323 e. The highest BCUT2D eigenvalue weighted by atomic mass is 16.5. The fourth-order valence-corrected chi connectivity index (χ4v) is 3.05. The molecule has 0 bridgehead atoms. The van der Waals surface area contributed by atoms with E-state index in [0.717, 1.165) is 18.6 Å². The van der Waals surface area contributed by atoms with Gasteiger partial charge in [0.25, 0.3) is 0 Å². The summed E-state index contributed by atoms with van der Waals surface area (Å²) in [5.74, 6) is 0.113. The van der Waals surface area contributed by atoms with Crippen LogP contribution in [-0.2, 0) is 17.6 Å². The predicted molar refractivity (Wildman–Crippen MR) is 82.9 cm³/mol. The van der Waals surface area contributed by atoms with E-state index in [1.165, 1.54) is 24.0 Å². The molecule has 21 heavy (non-hydrogen) atoms. The topological polar surface area (TPSA) is 58.6 Å². The molecule has 0 heterocycles. The Morgan fingerprint density at radius 1 is 1.38 bits per heavy atom. The van der Waals surface area contributed by atoms with Crippen molar-refractivity contribution < 1.29 is 14.6 Å². The van der Waals surface area contributed by atoms with E-state index in [1.807, 2.05) is 13.0 Å². The van der Waals surface area contributed by atoms with Crippen LogP contribution in [0.2, 0.25) is 0 Å². The summed E-state index contributed by atoms with van der Waals surface area (Å²) in [6.45, 7) is 2.45. The largest absolute Gasteiger partial charge is 0.494 e. The predicted octanol–water partition coefficient (Wildman–Crippen LogP) is 2.79. The highest BCUT2D eigenvalue weighted by Crippen LogP contribution is 2.26. The number of carboxylic acid groups (broad SMARTS) is 1. The number of nitrogens with one attached hydrogen (secondary N) is 1. The molecular formula is C17H25NO3. The van der Waals surface area contributed by atoms with Crippen molar-refractivity contribution in [2.45, 2.75) is 51.0 Å². The van der Waals surface area contributed by atoms with E-state index in [4.69, 9.17) is 4.74 Å². The third-order valence-corrected chi connectivity index (χ3v) is 4.58. The van der Waals surface area contributed by atoms with Crippen LogP contribution in [-0.4, -0.2) is 30.3 Å². The van der Waals surface area contributed by atoms with Crippen molar-refractivity contribution in [1.29, 1.82) is 0 Å². The van der Waals surface area contributed by atoms with Crippen LogP contribution in [0.1, 0.15) is 43.7 Å². The average molecular weight is 291 g/mol. The van der Waals surface area contributed by atoms with Gasteiger partial charge in [0.15, 0.2) is 0 Å². The molecule has 2 rings (SSSR count). The molecule has 0 aliphatic heterocycles. The van der Waals surface area contributed by atoms with Gasteiger partial charge in [0.05, 0.1) is 6.61 Å². The Balaban J connectivity index is 1.83. The standard InChI is InChI=1S/C17H25NO3/c1-3-17(18-2,16(19)20)10-5-11-21-15-9-8-13-6-4-7-14(13)12-15/h8-9,12,18H,3-7,10-11H2,1-2H3,(H,19,20). The fraction of sp³-hybridized carbons (Fsp3) is 0.588. The van der Waals surface area contributed by atoms with Gasteiger partial charge in [-0.3, -0.25) is 4.79 Å². The molecule has 0 radical (unpaired) electrons. The van der Waals surface area contributed by atoms with E-state index in [2.05, 4.69) is 17.4 Å². The normalized spacial score (nSPS) is 16.3. The Labute approximate surface area is 126 Å². The van der Waals surface area contributed by atoms with Gasteiger partial charge in [-0.2, -0.15) is 0 Å². The average Bonchev–Trinajstić information content (AvgIpc) is 2.95. The summed E-state index contributed by atoms with van der Waals surface area (Å²) in [6.07, 6.45) is 5.41. The molecule has 0 saturated carbocycles. The number of carboxylic acids is 1. The lowest BCUT2D eigenvalue weighted by atomic mass is 9.91. The summed E-state index contributed by atoms with van der Waals surface area (Å²) < 4.78 is 5.77. The second-order valence-electron chi connectivity index (χ2n) is 5.73. The highest BCUT2D eigenvalue weighted by Gasteiger charge is 2.34. The number of rotatable bonds is 8. The molecule has 0 aromatic heterocycles. The van der Waals surface area contributed by atoms with Gasteiger partial charge in [-0.25, -0.2) is 0 Å². The van der Waals surface area contributed by atoms with Crippen molar-refractivity contribution in [2.24, 2.45) is 0 Å². The quantitative estimate of drug-likeness (QED) is 0.723. The van der Waals surface area contributed by atoms with Crippen LogP contribution in [0.4, 0.5) is 0 Å². The van der Waals surface area contributed by atoms with E-state index in [9.17, 15) is 9.90 Å². The first-order chi connectivity index (χ1) is 10.1. The number of aliphatic carboxylic acids is 1. The molecule has 0 fully saturated rings. The van der Waals surface area contributed by atoms with E-state index in [-0.39, 0.29) is 0 Å². The molecule has 1 aromatic rings. The van der Waals surface area contributed by atoms with Crippen molar-refractivity contribution in [1.82, 2.24) is 5.32 Å². The van der Waals surface area contributed by atoms with Crippen LogP contribution in [0.15, 0.2) is 18.2 Å². The van der Waals surface area contributed by atoms with E-state index < -0.39 is 11.5 Å². The third kappa shape index (κ3) is 3.56. The Morgan fingerprint density at radius 3 is 2.81 bits per heavy atom. The molecule has 1 unspecified atom stereocenters. The van der Waals surface area contributed by atoms with Crippen LogP contribution in [0.25, 0.3) is 0 Å². The summed E-state index contributed by atoms with van der Waals surface area (Å²) in [5, 5.41) is 12.3. The molecule has 0 saturated heterocycles. The van der Waals surface area contributed by atoms with E-state index in [1.54, 1.807) is 7.05 Å². The maximum atomic E-state index is 11.4. The first-order valence-corrected chi connectivity index (χ1v) is 7.78.